The molecular weight excluding hydrogens is 396 g/mol. The molecule has 0 saturated heterocycles. The van der Waals surface area contributed by atoms with Crippen molar-refractivity contribution in [2.45, 2.75) is 59.0 Å². The molecule has 0 radical (unpaired) electrons. The molecule has 0 fully saturated rings. The second-order valence-corrected chi connectivity index (χ2v) is 8.36. The van der Waals surface area contributed by atoms with E-state index in [4.69, 9.17) is 4.74 Å². The van der Waals surface area contributed by atoms with Gasteiger partial charge >= 0.3 is 0 Å². The molecule has 0 atom stereocenters. The summed E-state index contributed by atoms with van der Waals surface area (Å²) in [7, 11) is 1.69. The molecule has 1 aromatic heterocycles. The van der Waals surface area contributed by atoms with Gasteiger partial charge in [-0.25, -0.2) is 0 Å². The van der Waals surface area contributed by atoms with Crippen molar-refractivity contribution in [3.8, 4) is 5.75 Å². The molecule has 0 unspecified atom stereocenters. The van der Waals surface area contributed by atoms with Crippen molar-refractivity contribution in [2.75, 3.05) is 13.7 Å². The Morgan fingerprint density at radius 3 is 2.44 bits per heavy atom. The van der Waals surface area contributed by atoms with E-state index in [1.165, 1.54) is 24.0 Å². The first-order valence-electron chi connectivity index (χ1n) is 11.8. The van der Waals surface area contributed by atoms with Gasteiger partial charge in [-0.1, -0.05) is 51.0 Å². The predicted molar refractivity (Wildman–Crippen MR) is 131 cm³/mol. The number of nitrogens with zero attached hydrogens (tertiary/aromatic N) is 2. The van der Waals surface area contributed by atoms with Gasteiger partial charge in [0.1, 0.15) is 5.75 Å². The fourth-order valence-corrected chi connectivity index (χ4v) is 3.89. The molecule has 0 bridgehead atoms. The van der Waals surface area contributed by atoms with Crippen LogP contribution in [0.1, 0.15) is 66.7 Å². The first-order valence-corrected chi connectivity index (χ1v) is 11.8. The highest BCUT2D eigenvalue weighted by Gasteiger charge is 2.17. The molecule has 0 spiro atoms. The number of hydrogen-bond donors (Lipinski definition) is 0. The van der Waals surface area contributed by atoms with Gasteiger partial charge in [0.15, 0.2) is 0 Å². The zero-order valence-corrected chi connectivity index (χ0v) is 19.7. The minimum absolute atomic E-state index is 0.106. The average molecular weight is 433 g/mol. The smallest absolute Gasteiger partial charge is 0.254 e. The molecule has 0 aliphatic rings. The number of aryl methyl sites for hydroxylation is 1. The zero-order chi connectivity index (χ0) is 22.8. The van der Waals surface area contributed by atoms with Crippen molar-refractivity contribution in [3.05, 3.63) is 89.2 Å². The van der Waals surface area contributed by atoms with Crippen LogP contribution in [0.4, 0.5) is 0 Å². The second kappa shape index (κ2) is 12.1. The van der Waals surface area contributed by atoms with Crippen LogP contribution < -0.4 is 4.74 Å². The zero-order valence-electron chi connectivity index (χ0n) is 19.7. The molecule has 0 saturated carbocycles. The van der Waals surface area contributed by atoms with Crippen molar-refractivity contribution in [1.29, 1.82) is 0 Å². The van der Waals surface area contributed by atoms with Crippen molar-refractivity contribution in [1.82, 2.24) is 9.47 Å². The van der Waals surface area contributed by atoms with Crippen molar-refractivity contribution < 1.29 is 9.53 Å². The summed E-state index contributed by atoms with van der Waals surface area (Å²) >= 11 is 0. The molecule has 1 heterocycles. The fourth-order valence-electron chi connectivity index (χ4n) is 3.89. The number of ether oxygens (including phenoxy) is 1. The van der Waals surface area contributed by atoms with E-state index >= 15 is 0 Å². The molecule has 0 N–H and O–H groups in total. The first kappa shape index (κ1) is 23.6. The van der Waals surface area contributed by atoms with Gasteiger partial charge in [0.05, 0.1) is 13.7 Å². The summed E-state index contributed by atoms with van der Waals surface area (Å²) in [6.07, 6.45) is 7.57. The first-order chi connectivity index (χ1) is 15.6. The minimum atomic E-state index is 0.106. The van der Waals surface area contributed by atoms with Gasteiger partial charge in [0.25, 0.3) is 5.91 Å². The summed E-state index contributed by atoms with van der Waals surface area (Å²) in [6, 6.07) is 20.5. The van der Waals surface area contributed by atoms with Crippen LogP contribution in [-0.2, 0) is 19.5 Å². The number of carbonyl (C=O) groups is 1. The summed E-state index contributed by atoms with van der Waals surface area (Å²) in [6.45, 7) is 6.48. The highest BCUT2D eigenvalue weighted by Crippen LogP contribution is 2.18. The third-order valence-corrected chi connectivity index (χ3v) is 5.85. The number of methoxy groups -OCH3 is 1. The highest BCUT2D eigenvalue weighted by atomic mass is 16.5. The highest BCUT2D eigenvalue weighted by molar-refractivity contribution is 5.94. The molecule has 3 rings (SSSR count). The van der Waals surface area contributed by atoms with Gasteiger partial charge in [-0.2, -0.15) is 0 Å². The van der Waals surface area contributed by atoms with Crippen LogP contribution in [-0.4, -0.2) is 29.0 Å². The summed E-state index contributed by atoms with van der Waals surface area (Å²) in [4.78, 5) is 15.3. The van der Waals surface area contributed by atoms with E-state index in [-0.39, 0.29) is 5.91 Å². The Morgan fingerprint density at radius 2 is 1.72 bits per heavy atom. The molecule has 4 heteroatoms. The van der Waals surface area contributed by atoms with Crippen molar-refractivity contribution in [3.63, 3.8) is 0 Å². The van der Waals surface area contributed by atoms with Gasteiger partial charge in [0.2, 0.25) is 0 Å². The number of amides is 1. The molecule has 4 nitrogen and oxygen atoms in total. The number of unbranched alkanes of at least 4 members (excludes halogenated alkanes) is 2. The van der Waals surface area contributed by atoms with Crippen LogP contribution in [0.5, 0.6) is 5.75 Å². The lowest BCUT2D eigenvalue weighted by atomic mass is 10.1. The lowest BCUT2D eigenvalue weighted by Crippen LogP contribution is -2.32. The number of benzene rings is 2. The SMILES string of the molecule is CCCCc1ccc(C(=O)N(CCCC)Cc2cccn2Cc2cccc(OC)c2)cc1. The Kier molecular flexibility index (Phi) is 8.97. The van der Waals surface area contributed by atoms with E-state index < -0.39 is 0 Å². The predicted octanol–water partition coefficient (Wildman–Crippen LogP) is 6.33. The summed E-state index contributed by atoms with van der Waals surface area (Å²) in [5.41, 5.74) is 4.38. The Balaban J connectivity index is 1.74. The maximum atomic E-state index is 13.4. The van der Waals surface area contributed by atoms with E-state index in [0.717, 1.165) is 49.4 Å². The van der Waals surface area contributed by atoms with Crippen LogP contribution in [0.3, 0.4) is 0 Å². The lowest BCUT2D eigenvalue weighted by Gasteiger charge is -2.24. The normalized spacial score (nSPS) is 10.8. The van der Waals surface area contributed by atoms with Crippen LogP contribution >= 0.6 is 0 Å². The van der Waals surface area contributed by atoms with Crippen LogP contribution in [0, 0.1) is 0 Å². The maximum absolute atomic E-state index is 13.4. The van der Waals surface area contributed by atoms with E-state index in [1.54, 1.807) is 7.11 Å². The van der Waals surface area contributed by atoms with Gasteiger partial charge in [-0.3, -0.25) is 4.79 Å². The third-order valence-electron chi connectivity index (χ3n) is 5.85. The third kappa shape index (κ3) is 6.49. The number of aromatic nitrogens is 1. The summed E-state index contributed by atoms with van der Waals surface area (Å²) < 4.78 is 7.58. The van der Waals surface area contributed by atoms with Crippen LogP contribution in [0.25, 0.3) is 0 Å². The summed E-state index contributed by atoms with van der Waals surface area (Å²) in [5, 5.41) is 0. The van der Waals surface area contributed by atoms with E-state index in [1.807, 2.05) is 29.2 Å². The Hall–Kier alpha value is -3.01. The molecule has 1 amide bonds. The Bertz CT molecular complexity index is 975. The van der Waals surface area contributed by atoms with Gasteiger partial charge in [-0.05, 0) is 66.8 Å². The quantitative estimate of drug-likeness (QED) is 0.335. The molecule has 32 heavy (non-hydrogen) atoms. The lowest BCUT2D eigenvalue weighted by molar-refractivity contribution is 0.0737. The van der Waals surface area contributed by atoms with Crippen LogP contribution in [0.2, 0.25) is 0 Å². The molecule has 3 aromatic rings. The molecule has 170 valence electrons. The van der Waals surface area contributed by atoms with Gasteiger partial charge in [-0.15, -0.1) is 0 Å². The summed E-state index contributed by atoms with van der Waals surface area (Å²) in [5.74, 6) is 0.966. The van der Waals surface area contributed by atoms with Crippen molar-refractivity contribution in [2.24, 2.45) is 0 Å². The topological polar surface area (TPSA) is 34.5 Å². The maximum Gasteiger partial charge on any atom is 0.254 e. The average Bonchev–Trinajstić information content (AvgIpc) is 3.26. The number of rotatable bonds is 12. The number of carbonyl (C=O) groups excluding carboxylic acids is 1. The molecule has 2 aromatic carbocycles. The van der Waals surface area contributed by atoms with Crippen LogP contribution in [0.15, 0.2) is 66.9 Å². The van der Waals surface area contributed by atoms with E-state index in [2.05, 4.69) is 61.0 Å². The van der Waals surface area contributed by atoms with E-state index in [0.29, 0.717) is 6.54 Å². The van der Waals surface area contributed by atoms with Gasteiger partial charge < -0.3 is 14.2 Å². The molecule has 0 aliphatic heterocycles. The molecule has 0 aliphatic carbocycles. The monoisotopic (exact) mass is 432 g/mol. The minimum Gasteiger partial charge on any atom is -0.497 e. The second-order valence-electron chi connectivity index (χ2n) is 8.36. The van der Waals surface area contributed by atoms with Crippen molar-refractivity contribution >= 4 is 5.91 Å². The Morgan fingerprint density at radius 1 is 0.938 bits per heavy atom. The van der Waals surface area contributed by atoms with Gasteiger partial charge in [0, 0.05) is 30.5 Å². The Labute approximate surface area is 192 Å². The standard InChI is InChI=1S/C28H36N2O2/c1-4-6-10-23-14-16-25(17-15-23)28(31)30(18-7-5-2)22-26-12-9-19-29(26)21-24-11-8-13-27(20-24)32-3/h8-9,11-17,19-20H,4-7,10,18,21-22H2,1-3H3. The van der Waals surface area contributed by atoms with E-state index in [9.17, 15) is 4.79 Å². The number of hydrogen-bond acceptors (Lipinski definition) is 2. The molecular formula is C28H36N2O2. The largest absolute Gasteiger partial charge is 0.497 e. The fraction of sp³-hybridized carbons (Fsp3) is 0.393.